The lowest BCUT2D eigenvalue weighted by Gasteiger charge is -2.32. The third-order valence-corrected chi connectivity index (χ3v) is 4.62. The van der Waals surface area contributed by atoms with Gasteiger partial charge in [-0.05, 0) is 50.6 Å². The molecule has 0 aliphatic carbocycles. The highest BCUT2D eigenvalue weighted by Gasteiger charge is 2.21. The van der Waals surface area contributed by atoms with Crippen molar-refractivity contribution in [3.05, 3.63) is 23.2 Å². The molecule has 2 amide bonds. The highest BCUT2D eigenvalue weighted by Crippen LogP contribution is 2.28. The molecule has 0 spiro atoms. The second-order valence-electron chi connectivity index (χ2n) is 6.57. The number of hydrogen-bond donors (Lipinski definition) is 1. The molecule has 2 rings (SSSR count). The predicted octanol–water partition coefficient (Wildman–Crippen LogP) is 3.17. The van der Waals surface area contributed by atoms with Crippen molar-refractivity contribution in [2.45, 2.75) is 12.8 Å². The van der Waals surface area contributed by atoms with E-state index in [1.165, 1.54) is 12.8 Å². The quantitative estimate of drug-likeness (QED) is 0.750. The van der Waals surface area contributed by atoms with Crippen molar-refractivity contribution in [2.75, 3.05) is 59.4 Å². The Labute approximate surface area is 155 Å². The third-order valence-electron chi connectivity index (χ3n) is 4.33. The number of carbonyl (C=O) groups is 1. The molecule has 1 aliphatic rings. The van der Waals surface area contributed by atoms with E-state index in [9.17, 15) is 4.79 Å². The minimum absolute atomic E-state index is 0.127. The van der Waals surface area contributed by atoms with Crippen LogP contribution < -0.4 is 10.1 Å². The van der Waals surface area contributed by atoms with Crippen LogP contribution in [0.3, 0.4) is 0 Å². The topological polar surface area (TPSA) is 54.0 Å². The van der Waals surface area contributed by atoms with Gasteiger partial charge in [0.25, 0.3) is 0 Å². The number of urea groups is 1. The maximum atomic E-state index is 12.4. The molecule has 140 valence electrons. The Morgan fingerprint density at radius 3 is 2.92 bits per heavy atom. The number of anilines is 1. The monoisotopic (exact) mass is 369 g/mol. The molecule has 1 aliphatic heterocycles. The maximum absolute atomic E-state index is 12.4. The van der Waals surface area contributed by atoms with Crippen molar-refractivity contribution in [3.8, 4) is 5.75 Å². The van der Waals surface area contributed by atoms with Crippen molar-refractivity contribution in [1.29, 1.82) is 0 Å². The van der Waals surface area contributed by atoms with Gasteiger partial charge in [-0.25, -0.2) is 4.79 Å². The van der Waals surface area contributed by atoms with Gasteiger partial charge in [-0.3, -0.25) is 0 Å². The zero-order valence-electron chi connectivity index (χ0n) is 15.3. The number of carbonyl (C=O) groups excluding carboxylic acids is 1. The van der Waals surface area contributed by atoms with E-state index in [0.29, 0.717) is 35.6 Å². The Hall–Kier alpha value is -1.50. The Morgan fingerprint density at radius 2 is 2.24 bits per heavy atom. The fraction of sp³-hybridized carbons (Fsp3) is 0.611. The summed E-state index contributed by atoms with van der Waals surface area (Å²) in [5.41, 5.74) is 0.654. The summed E-state index contributed by atoms with van der Waals surface area (Å²) in [5.74, 6) is 1.10. The van der Waals surface area contributed by atoms with E-state index in [1.54, 1.807) is 30.2 Å². The number of hydrogen-bond acceptors (Lipinski definition) is 4. The Morgan fingerprint density at radius 1 is 1.44 bits per heavy atom. The lowest BCUT2D eigenvalue weighted by atomic mass is 9.98. The second kappa shape index (κ2) is 9.85. The molecule has 6 nitrogen and oxygen atoms in total. The summed E-state index contributed by atoms with van der Waals surface area (Å²) >= 11 is 6.21. The van der Waals surface area contributed by atoms with Gasteiger partial charge in [0, 0.05) is 32.9 Å². The van der Waals surface area contributed by atoms with Crippen LogP contribution in [0.5, 0.6) is 5.75 Å². The number of rotatable bonds is 7. The summed E-state index contributed by atoms with van der Waals surface area (Å²) in [6.45, 7) is 3.86. The van der Waals surface area contributed by atoms with E-state index in [0.717, 1.165) is 19.6 Å². The minimum Gasteiger partial charge on any atom is -0.490 e. The summed E-state index contributed by atoms with van der Waals surface area (Å²) in [6, 6.07) is 5.11. The van der Waals surface area contributed by atoms with Gasteiger partial charge in [-0.15, -0.1) is 0 Å². The molecular formula is C18H28ClN3O3. The predicted molar refractivity (Wildman–Crippen MR) is 101 cm³/mol. The average Bonchev–Trinajstić information content (AvgIpc) is 2.57. The van der Waals surface area contributed by atoms with Gasteiger partial charge in [0.2, 0.25) is 0 Å². The maximum Gasteiger partial charge on any atom is 0.321 e. The fourth-order valence-electron chi connectivity index (χ4n) is 3.04. The van der Waals surface area contributed by atoms with Crippen LogP contribution in [0, 0.1) is 5.92 Å². The van der Waals surface area contributed by atoms with Gasteiger partial charge in [0.15, 0.2) is 0 Å². The zero-order valence-corrected chi connectivity index (χ0v) is 16.0. The van der Waals surface area contributed by atoms with Crippen molar-refractivity contribution >= 4 is 23.3 Å². The number of methoxy groups -OCH3 is 1. The number of piperidine rings is 1. The van der Waals surface area contributed by atoms with Gasteiger partial charge >= 0.3 is 6.03 Å². The largest absolute Gasteiger partial charge is 0.490 e. The summed E-state index contributed by atoms with van der Waals surface area (Å²) in [7, 11) is 5.57. The molecule has 7 heteroatoms. The average molecular weight is 370 g/mol. The molecule has 1 saturated heterocycles. The molecule has 0 unspecified atom stereocenters. The molecule has 1 aromatic carbocycles. The van der Waals surface area contributed by atoms with Gasteiger partial charge in [-0.1, -0.05) is 11.6 Å². The highest BCUT2D eigenvalue weighted by atomic mass is 35.5. The minimum atomic E-state index is -0.127. The lowest BCUT2D eigenvalue weighted by molar-refractivity contribution is 0.146. The fourth-order valence-corrected chi connectivity index (χ4v) is 3.28. The Kier molecular flexibility index (Phi) is 7.81. The van der Waals surface area contributed by atoms with Crippen LogP contribution in [-0.2, 0) is 4.74 Å². The highest BCUT2D eigenvalue weighted by molar-refractivity contribution is 6.32. The van der Waals surface area contributed by atoms with Gasteiger partial charge in [0.05, 0.1) is 11.6 Å². The van der Waals surface area contributed by atoms with Gasteiger partial charge in [0.1, 0.15) is 12.4 Å². The number of nitrogens with one attached hydrogen (secondary N) is 1. The van der Waals surface area contributed by atoms with E-state index in [4.69, 9.17) is 21.1 Å². The first-order valence-electron chi connectivity index (χ1n) is 8.61. The van der Waals surface area contributed by atoms with Crippen LogP contribution >= 0.6 is 11.6 Å². The second-order valence-corrected chi connectivity index (χ2v) is 6.97. The molecule has 1 N–H and O–H groups in total. The smallest absolute Gasteiger partial charge is 0.321 e. The van der Waals surface area contributed by atoms with Crippen LogP contribution in [-0.4, -0.2) is 69.9 Å². The van der Waals surface area contributed by atoms with Crippen molar-refractivity contribution in [1.82, 2.24) is 9.80 Å². The van der Waals surface area contributed by atoms with Crippen LogP contribution in [0.25, 0.3) is 0 Å². The molecule has 1 heterocycles. The molecule has 1 fully saturated rings. The Balaban J connectivity index is 1.85. The van der Waals surface area contributed by atoms with Crippen molar-refractivity contribution < 1.29 is 14.3 Å². The number of nitrogens with zero attached hydrogens (tertiary/aromatic N) is 2. The molecular weight excluding hydrogens is 342 g/mol. The van der Waals surface area contributed by atoms with Gasteiger partial charge < -0.3 is 24.6 Å². The summed E-state index contributed by atoms with van der Waals surface area (Å²) < 4.78 is 10.5. The van der Waals surface area contributed by atoms with Crippen molar-refractivity contribution in [3.63, 3.8) is 0 Å². The summed E-state index contributed by atoms with van der Waals surface area (Å²) in [4.78, 5) is 16.4. The van der Waals surface area contributed by atoms with Crippen LogP contribution in [0.2, 0.25) is 5.02 Å². The van der Waals surface area contributed by atoms with Crippen LogP contribution in [0.4, 0.5) is 10.5 Å². The third kappa shape index (κ3) is 6.38. The normalized spacial score (nSPS) is 18.0. The van der Waals surface area contributed by atoms with Crippen LogP contribution in [0.15, 0.2) is 18.2 Å². The first-order chi connectivity index (χ1) is 12.0. The van der Waals surface area contributed by atoms with E-state index < -0.39 is 0 Å². The molecule has 25 heavy (non-hydrogen) atoms. The standard InChI is InChI=1S/C18H28ClN3O3/c1-21-8-4-5-14(12-21)13-22(2)18(23)20-15-6-7-17(16(19)11-15)25-10-9-24-3/h6-7,11,14H,4-5,8-10,12-13H2,1-3H3,(H,20,23)/t14-/m0/s1. The SMILES string of the molecule is COCCOc1ccc(NC(=O)N(C)C[C@H]2CCCN(C)C2)cc1Cl. The number of benzene rings is 1. The zero-order chi connectivity index (χ0) is 18.2. The van der Waals surface area contributed by atoms with E-state index in [1.807, 2.05) is 7.05 Å². The Bertz CT molecular complexity index is 570. The molecule has 0 saturated carbocycles. The molecule has 0 bridgehead atoms. The number of likely N-dealkylation sites (tertiary alicyclic amines) is 1. The van der Waals surface area contributed by atoms with Crippen molar-refractivity contribution in [2.24, 2.45) is 5.92 Å². The molecule has 1 atom stereocenters. The lowest BCUT2D eigenvalue weighted by Crippen LogP contribution is -2.41. The number of ether oxygens (including phenoxy) is 2. The van der Waals surface area contributed by atoms with E-state index in [2.05, 4.69) is 17.3 Å². The van der Waals surface area contributed by atoms with Gasteiger partial charge in [-0.2, -0.15) is 0 Å². The first-order valence-corrected chi connectivity index (χ1v) is 8.99. The van der Waals surface area contributed by atoms with E-state index in [-0.39, 0.29) is 6.03 Å². The molecule has 0 aromatic heterocycles. The van der Waals surface area contributed by atoms with Crippen LogP contribution in [0.1, 0.15) is 12.8 Å². The summed E-state index contributed by atoms with van der Waals surface area (Å²) in [6.07, 6.45) is 2.36. The van der Waals surface area contributed by atoms with E-state index >= 15 is 0 Å². The molecule has 1 aromatic rings. The number of amides is 2. The first kappa shape index (κ1) is 19.8. The summed E-state index contributed by atoms with van der Waals surface area (Å²) in [5, 5.41) is 3.35. The molecule has 0 radical (unpaired) electrons. The number of halogens is 1.